The number of hydrogen-bond donors (Lipinski definition) is 12. The van der Waals surface area contributed by atoms with E-state index in [-0.39, 0.29) is 82.2 Å². The van der Waals surface area contributed by atoms with E-state index in [1.165, 1.54) is 0 Å². The fourth-order valence-corrected chi connectivity index (χ4v) is 11.5. The van der Waals surface area contributed by atoms with Gasteiger partial charge in [0.2, 0.25) is 47.3 Å². The molecule has 96 heavy (non-hydrogen) atoms. The monoisotopic (exact) mass is 1360 g/mol. The van der Waals surface area contributed by atoms with Gasteiger partial charge in [-0.2, -0.15) is 0 Å². The number of carbonyl (C=O) groups excluding carboxylic acids is 12. The van der Waals surface area contributed by atoms with Crippen LogP contribution in [-0.4, -0.2) is 209 Å². The van der Waals surface area contributed by atoms with Gasteiger partial charge in [-0.15, -0.1) is 0 Å². The zero-order valence-corrected chi connectivity index (χ0v) is 61.2. The van der Waals surface area contributed by atoms with Crippen LogP contribution >= 0.6 is 0 Å². The van der Waals surface area contributed by atoms with E-state index >= 15 is 0 Å². The minimum atomic E-state index is -1.61. The second-order valence-electron chi connectivity index (χ2n) is 26.7. The molecule has 0 aliphatic heterocycles. The van der Waals surface area contributed by atoms with Crippen LogP contribution in [0.5, 0.6) is 0 Å². The molecular weight excluding hydrogens is 1230 g/mol. The normalized spacial score (nSPS) is 13.4. The lowest BCUT2D eigenvalue weighted by atomic mass is 9.84. The molecule has 0 fully saturated rings. The maximum atomic E-state index is 14.9. The van der Waals surface area contributed by atoms with Crippen molar-refractivity contribution < 1.29 is 57.5 Å². The molecule has 0 aromatic heterocycles. The Morgan fingerprint density at radius 3 is 1.14 bits per heavy atom. The molecular formula is C70H132N14O12. The molecule has 6 atom stereocenters. The van der Waals surface area contributed by atoms with E-state index in [2.05, 4.69) is 90.7 Å². The average Bonchev–Trinajstić information content (AvgIpc) is 0.951. The Morgan fingerprint density at radius 1 is 0.312 bits per heavy atom. The second kappa shape index (κ2) is 55.1. The Hall–Kier alpha value is -5.80. The first kappa shape index (κ1) is 90.2. The third kappa shape index (κ3) is 42.8. The second-order valence-corrected chi connectivity index (χ2v) is 26.7. The van der Waals surface area contributed by atoms with Crippen molar-refractivity contribution in [1.29, 1.82) is 0 Å². The highest BCUT2D eigenvalue weighted by Crippen LogP contribution is 2.24. The summed E-state index contributed by atoms with van der Waals surface area (Å²) in [5.41, 5.74) is 11.2. The van der Waals surface area contributed by atoms with Gasteiger partial charge < -0.3 is 64.6 Å². The van der Waals surface area contributed by atoms with E-state index in [9.17, 15) is 57.5 Å². The van der Waals surface area contributed by atoms with Crippen LogP contribution in [0.2, 0.25) is 0 Å². The summed E-state index contributed by atoms with van der Waals surface area (Å²) in [7, 11) is 0. The molecule has 554 valence electrons. The van der Waals surface area contributed by atoms with Crippen LogP contribution in [0.3, 0.4) is 0 Å². The van der Waals surface area contributed by atoms with Crippen LogP contribution in [0.1, 0.15) is 218 Å². The standard InChI is InChI=1S/C70H132N14O12/c1-13-17-20-22-27-75-65(91)48-60(62(88)44-55(68(94)80-34-32-74-30-25-72)41-59(86)42-56(69(95)78-26-19-15-3)46-64(90)76-33-31-73-29-24-71)82-66(92)47-57(70(96)79-28-23-21-18-14-2)43-61(87)54(45-63(89)77-35-37-83(49(5)6)50(7)8)40-58(85)39-53(16-4)67(93)81-36-38-84(51(9)10)52(11)12/h49-57,60,73-74H,13-48,71-72H2,1-12H3,(H,75,91)(H,76,90)(H,77,89)(H,78,95)(H,79,96)(H,80,94)(H,81,93)(H,82,92). The van der Waals surface area contributed by atoms with Crippen molar-refractivity contribution in [2.24, 2.45) is 41.1 Å². The predicted molar refractivity (Wildman–Crippen MR) is 378 cm³/mol. The molecule has 14 N–H and O–H groups in total. The highest BCUT2D eigenvalue weighted by Gasteiger charge is 2.36. The molecule has 0 aliphatic carbocycles. The molecule has 26 heteroatoms. The molecule has 0 bridgehead atoms. The summed E-state index contributed by atoms with van der Waals surface area (Å²) in [5, 5.41) is 28.6. The van der Waals surface area contributed by atoms with E-state index in [1.807, 2.05) is 48.5 Å². The van der Waals surface area contributed by atoms with Gasteiger partial charge in [0.15, 0.2) is 5.78 Å². The first-order valence-electron chi connectivity index (χ1n) is 36.3. The summed E-state index contributed by atoms with van der Waals surface area (Å²) in [6.45, 7) is 29.5. The van der Waals surface area contributed by atoms with E-state index in [1.54, 1.807) is 6.92 Å². The molecule has 0 aromatic carbocycles. The van der Waals surface area contributed by atoms with Gasteiger partial charge in [-0.1, -0.05) is 72.6 Å². The van der Waals surface area contributed by atoms with E-state index in [0.717, 1.165) is 44.9 Å². The van der Waals surface area contributed by atoms with E-state index in [0.29, 0.717) is 84.6 Å². The number of nitrogens with one attached hydrogen (secondary N) is 10. The summed E-state index contributed by atoms with van der Waals surface area (Å²) < 4.78 is 0. The minimum Gasteiger partial charge on any atom is -0.356 e. The topological polar surface area (TPSA) is 384 Å². The van der Waals surface area contributed by atoms with Crippen molar-refractivity contribution in [3.05, 3.63) is 0 Å². The van der Waals surface area contributed by atoms with Crippen molar-refractivity contribution in [3.63, 3.8) is 0 Å². The van der Waals surface area contributed by atoms with Gasteiger partial charge in [0, 0.05) is 192 Å². The lowest BCUT2D eigenvalue weighted by molar-refractivity contribution is -0.138. The van der Waals surface area contributed by atoms with E-state index < -0.39 is 151 Å². The van der Waals surface area contributed by atoms with Gasteiger partial charge in [-0.05, 0) is 81.1 Å². The van der Waals surface area contributed by atoms with Crippen LogP contribution in [-0.2, 0) is 57.5 Å². The Balaban J connectivity index is 7.48. The number of nitrogens with two attached hydrogens (primary N) is 2. The molecule has 0 radical (unpaired) electrons. The summed E-state index contributed by atoms with van der Waals surface area (Å²) in [4.78, 5) is 173. The maximum Gasteiger partial charge on any atom is 0.224 e. The summed E-state index contributed by atoms with van der Waals surface area (Å²) in [6, 6.07) is -0.782. The molecule has 0 rings (SSSR count). The predicted octanol–water partition coefficient (Wildman–Crippen LogP) is 3.25. The van der Waals surface area contributed by atoms with Crippen LogP contribution < -0.4 is 64.6 Å². The Labute approximate surface area is 576 Å². The number of ketones is 4. The molecule has 26 nitrogen and oxygen atoms in total. The number of amides is 8. The zero-order valence-electron chi connectivity index (χ0n) is 61.2. The molecule has 0 saturated heterocycles. The van der Waals surface area contributed by atoms with Gasteiger partial charge in [0.25, 0.3) is 0 Å². The van der Waals surface area contributed by atoms with Crippen LogP contribution in [0.25, 0.3) is 0 Å². The minimum absolute atomic E-state index is 0.0731. The number of unbranched alkanes of at least 4 members (excludes halogenated alkanes) is 7. The fourth-order valence-electron chi connectivity index (χ4n) is 11.5. The van der Waals surface area contributed by atoms with Crippen molar-refractivity contribution in [2.75, 3.05) is 98.2 Å². The zero-order chi connectivity index (χ0) is 72.4. The quantitative estimate of drug-likeness (QED) is 0.0389. The van der Waals surface area contributed by atoms with Crippen molar-refractivity contribution in [1.82, 2.24) is 63.0 Å². The van der Waals surface area contributed by atoms with Gasteiger partial charge in [0.1, 0.15) is 17.3 Å². The van der Waals surface area contributed by atoms with E-state index in [4.69, 9.17) is 11.5 Å². The smallest absolute Gasteiger partial charge is 0.224 e. The molecule has 0 spiro atoms. The number of rotatable bonds is 61. The lowest BCUT2D eigenvalue weighted by Gasteiger charge is -2.30. The van der Waals surface area contributed by atoms with Gasteiger partial charge in [-0.3, -0.25) is 67.3 Å². The lowest BCUT2D eigenvalue weighted by Crippen LogP contribution is -2.47. The first-order chi connectivity index (χ1) is 45.7. The highest BCUT2D eigenvalue weighted by molar-refractivity contribution is 5.99. The number of carbonyl (C=O) groups is 12. The highest BCUT2D eigenvalue weighted by atomic mass is 16.2. The third-order valence-corrected chi connectivity index (χ3v) is 17.0. The fraction of sp³-hybridized carbons (Fsp3) is 0.829. The Morgan fingerprint density at radius 2 is 0.656 bits per heavy atom. The molecule has 6 unspecified atom stereocenters. The SMILES string of the molecule is CCCCCCNC(=O)CC(NC(=O)CC(CC(=O)C(CC(=O)CC(CC)C(=O)NCCN(C(C)C)C(C)C)CC(=O)NCCN(C(C)C)C(C)C)C(=O)NCCCCCC)C(=O)CC(CC(=O)CC(CC(=O)NCCNCCN)C(=O)NCCCC)C(=O)NCCNCCN. The maximum absolute atomic E-state index is 14.9. The number of nitrogens with zero attached hydrogens (tertiary/aromatic N) is 2. The largest absolute Gasteiger partial charge is 0.356 e. The summed E-state index contributed by atoms with van der Waals surface area (Å²) in [5.74, 6) is -13.0. The van der Waals surface area contributed by atoms with Crippen LogP contribution in [0, 0.1) is 29.6 Å². The summed E-state index contributed by atoms with van der Waals surface area (Å²) in [6.07, 6.45) is 3.36. The van der Waals surface area contributed by atoms with Gasteiger partial charge in [0.05, 0.1) is 30.2 Å². The number of Topliss-reactive ketones (excluding diaryl/α,β-unsaturated/α-hetero) is 4. The summed E-state index contributed by atoms with van der Waals surface area (Å²) >= 11 is 0. The molecule has 8 amide bonds. The Bertz CT molecular complexity index is 2270. The number of hydrogen-bond acceptors (Lipinski definition) is 18. The Kier molecular flexibility index (Phi) is 51.8. The molecule has 0 aliphatic rings. The van der Waals surface area contributed by atoms with Crippen molar-refractivity contribution in [3.8, 4) is 0 Å². The molecule has 0 saturated carbocycles. The van der Waals surface area contributed by atoms with Gasteiger partial charge in [-0.25, -0.2) is 0 Å². The van der Waals surface area contributed by atoms with Crippen LogP contribution in [0.4, 0.5) is 0 Å². The van der Waals surface area contributed by atoms with Crippen molar-refractivity contribution in [2.45, 2.75) is 248 Å². The van der Waals surface area contributed by atoms with Crippen LogP contribution in [0.15, 0.2) is 0 Å². The van der Waals surface area contributed by atoms with Gasteiger partial charge >= 0.3 is 0 Å². The average molecular weight is 1360 g/mol. The molecule has 0 aromatic rings. The first-order valence-corrected chi connectivity index (χ1v) is 36.3. The van der Waals surface area contributed by atoms with Crippen molar-refractivity contribution >= 4 is 70.4 Å². The molecule has 0 heterocycles. The third-order valence-electron chi connectivity index (χ3n) is 17.0.